The number of carbonyl (C=O) groups excluding carboxylic acids is 1. The van der Waals surface area contributed by atoms with Crippen LogP contribution in [0.15, 0.2) is 18.2 Å². The summed E-state index contributed by atoms with van der Waals surface area (Å²) in [5.41, 5.74) is 3.00. The summed E-state index contributed by atoms with van der Waals surface area (Å²) >= 11 is 0. The number of rotatable bonds is 5. The molecule has 5 heteroatoms. The first-order chi connectivity index (χ1) is 18.5. The van der Waals surface area contributed by atoms with Crippen LogP contribution in [0.2, 0.25) is 0 Å². The number of amides is 1. The van der Waals surface area contributed by atoms with E-state index in [2.05, 4.69) is 36.9 Å². The highest BCUT2D eigenvalue weighted by molar-refractivity contribution is 5.71. The predicted octanol–water partition coefficient (Wildman–Crippen LogP) is 6.77. The molecular weight excluding hydrogens is 472 g/mol. The lowest BCUT2D eigenvalue weighted by Crippen LogP contribution is -2.48. The number of unbranched alkanes of at least 4 members (excludes halogenated alkanes) is 1. The Morgan fingerprint density at radius 3 is 2.61 bits per heavy atom. The Labute approximate surface area is 230 Å². The van der Waals surface area contributed by atoms with E-state index in [0.29, 0.717) is 29.7 Å². The number of piperidine rings is 2. The zero-order valence-corrected chi connectivity index (χ0v) is 23.9. The number of fused-ring (bicyclic) bond motifs is 5. The first-order valence-corrected chi connectivity index (χ1v) is 16.0. The molecule has 2 aliphatic heterocycles. The fourth-order valence-corrected chi connectivity index (χ4v) is 9.41. The van der Waals surface area contributed by atoms with Crippen LogP contribution in [-0.2, 0) is 6.42 Å². The summed E-state index contributed by atoms with van der Waals surface area (Å²) in [5, 5.41) is 10.9. The van der Waals surface area contributed by atoms with Gasteiger partial charge in [-0.25, -0.2) is 4.79 Å². The summed E-state index contributed by atoms with van der Waals surface area (Å²) < 4.78 is 5.99. The van der Waals surface area contributed by atoms with Gasteiger partial charge in [0.1, 0.15) is 5.75 Å². The summed E-state index contributed by atoms with van der Waals surface area (Å²) in [6, 6.07) is 7.16. The lowest BCUT2D eigenvalue weighted by Gasteiger charge is -2.53. The van der Waals surface area contributed by atoms with Crippen LogP contribution >= 0.6 is 0 Å². The predicted molar refractivity (Wildman–Crippen MR) is 152 cm³/mol. The van der Waals surface area contributed by atoms with Crippen LogP contribution < -0.4 is 4.74 Å². The van der Waals surface area contributed by atoms with Crippen molar-refractivity contribution >= 4 is 6.09 Å². The van der Waals surface area contributed by atoms with Crippen molar-refractivity contribution in [2.24, 2.45) is 23.2 Å². The van der Waals surface area contributed by atoms with Gasteiger partial charge < -0.3 is 19.6 Å². The van der Waals surface area contributed by atoms with E-state index < -0.39 is 0 Å². The number of carbonyl (C=O) groups is 1. The van der Waals surface area contributed by atoms with Crippen molar-refractivity contribution in [1.29, 1.82) is 0 Å². The van der Waals surface area contributed by atoms with Crippen molar-refractivity contribution in [3.05, 3.63) is 29.3 Å². The highest BCUT2D eigenvalue weighted by atomic mass is 16.6. The molecule has 1 aromatic carbocycles. The average Bonchev–Trinajstić information content (AvgIpc) is 3.26. The van der Waals surface area contributed by atoms with E-state index in [9.17, 15) is 9.90 Å². The summed E-state index contributed by atoms with van der Waals surface area (Å²) in [6.45, 7) is 8.73. The summed E-state index contributed by atoms with van der Waals surface area (Å²) in [6.07, 6.45) is 15.2. The fourth-order valence-electron chi connectivity index (χ4n) is 9.41. The molecule has 1 aromatic rings. The molecule has 38 heavy (non-hydrogen) atoms. The second-order valence-electron chi connectivity index (χ2n) is 13.6. The van der Waals surface area contributed by atoms with Crippen molar-refractivity contribution in [2.45, 2.75) is 115 Å². The molecule has 2 heterocycles. The number of aliphatic hydroxyl groups is 1. The number of nitrogens with zero attached hydrogens (tertiary/aromatic N) is 2. The van der Waals surface area contributed by atoms with Crippen molar-refractivity contribution < 1.29 is 14.6 Å². The summed E-state index contributed by atoms with van der Waals surface area (Å²) in [4.78, 5) is 17.7. The van der Waals surface area contributed by atoms with Crippen molar-refractivity contribution in [1.82, 2.24) is 9.80 Å². The third-order valence-corrected chi connectivity index (χ3v) is 11.6. The minimum atomic E-state index is -0.174. The molecule has 2 saturated heterocycles. The molecule has 0 spiro atoms. The minimum absolute atomic E-state index is 0.0973. The molecule has 1 N–H and O–H groups in total. The van der Waals surface area contributed by atoms with Gasteiger partial charge in [-0.3, -0.25) is 0 Å². The first kappa shape index (κ1) is 26.6. The fraction of sp³-hybridized carbons (Fsp3) is 0.788. The van der Waals surface area contributed by atoms with E-state index in [1.54, 1.807) is 0 Å². The van der Waals surface area contributed by atoms with Gasteiger partial charge in [0, 0.05) is 19.1 Å². The van der Waals surface area contributed by atoms with Gasteiger partial charge >= 0.3 is 6.09 Å². The zero-order valence-electron chi connectivity index (χ0n) is 23.9. The lowest BCUT2D eigenvalue weighted by atomic mass is 9.52. The third-order valence-electron chi connectivity index (χ3n) is 11.6. The Bertz CT molecular complexity index is 982. The third kappa shape index (κ3) is 4.91. The molecule has 3 aliphatic carbocycles. The van der Waals surface area contributed by atoms with Gasteiger partial charge in [-0.15, -0.1) is 0 Å². The Hall–Kier alpha value is -1.59. The molecule has 0 bridgehead atoms. The standard InChI is InChI=1S/C33H50N2O3/c1-3-4-8-23-21-24-22-26(38-32(37)35-19-14-25(15-20-35)34-17-6-5-7-18-34)9-10-27(24)28-13-16-33(2)29(31(23)28)11-12-30(33)36/h9-10,22-23,25,28-31,36H,3-8,11-21H2,1-2H3/t23-,28-,29+,30+,31-,33+/m1/s1. The van der Waals surface area contributed by atoms with Gasteiger partial charge in [-0.2, -0.15) is 0 Å². The first-order valence-electron chi connectivity index (χ1n) is 16.0. The lowest BCUT2D eigenvalue weighted by molar-refractivity contribution is -0.0395. The summed E-state index contributed by atoms with van der Waals surface area (Å²) in [5.74, 6) is 3.29. The number of hydrogen-bond acceptors (Lipinski definition) is 4. The second kappa shape index (κ2) is 11.1. The minimum Gasteiger partial charge on any atom is -0.410 e. The van der Waals surface area contributed by atoms with E-state index in [0.717, 1.165) is 50.9 Å². The number of benzene rings is 1. The number of hydrogen-bond donors (Lipinski definition) is 1. The molecule has 0 unspecified atom stereocenters. The van der Waals surface area contributed by atoms with E-state index in [-0.39, 0.29) is 17.6 Å². The van der Waals surface area contributed by atoms with E-state index in [4.69, 9.17) is 4.74 Å². The van der Waals surface area contributed by atoms with Gasteiger partial charge in [-0.05, 0) is 130 Å². The second-order valence-corrected chi connectivity index (χ2v) is 13.6. The van der Waals surface area contributed by atoms with Crippen LogP contribution in [-0.4, -0.2) is 59.3 Å². The highest BCUT2D eigenvalue weighted by Crippen LogP contribution is 2.62. The topological polar surface area (TPSA) is 53.0 Å². The normalized spacial score (nSPS) is 35.9. The molecule has 6 rings (SSSR count). The monoisotopic (exact) mass is 522 g/mol. The summed E-state index contributed by atoms with van der Waals surface area (Å²) in [7, 11) is 0. The zero-order chi connectivity index (χ0) is 26.3. The Morgan fingerprint density at radius 1 is 1.05 bits per heavy atom. The quantitative estimate of drug-likeness (QED) is 0.464. The molecule has 0 aromatic heterocycles. The van der Waals surface area contributed by atoms with E-state index in [1.807, 2.05) is 4.90 Å². The number of aliphatic hydroxyl groups excluding tert-OH is 1. The van der Waals surface area contributed by atoms with Crippen LogP contribution in [0.1, 0.15) is 108 Å². The largest absolute Gasteiger partial charge is 0.415 e. The molecule has 4 fully saturated rings. The smallest absolute Gasteiger partial charge is 0.410 e. The number of ether oxygens (including phenoxy) is 1. The van der Waals surface area contributed by atoms with E-state index >= 15 is 0 Å². The molecule has 1 amide bonds. The Balaban J connectivity index is 1.14. The average molecular weight is 523 g/mol. The van der Waals surface area contributed by atoms with Crippen LogP contribution in [0.4, 0.5) is 4.79 Å². The molecular formula is C33H50N2O3. The van der Waals surface area contributed by atoms with Crippen LogP contribution in [0.3, 0.4) is 0 Å². The number of likely N-dealkylation sites (tertiary alicyclic amines) is 2. The maximum absolute atomic E-state index is 13.1. The molecule has 2 saturated carbocycles. The maximum atomic E-state index is 13.1. The van der Waals surface area contributed by atoms with Gasteiger partial charge in [0.2, 0.25) is 0 Å². The van der Waals surface area contributed by atoms with Gasteiger partial charge in [-0.1, -0.05) is 39.2 Å². The van der Waals surface area contributed by atoms with Gasteiger partial charge in [0.25, 0.3) is 0 Å². The van der Waals surface area contributed by atoms with Crippen molar-refractivity contribution in [3.63, 3.8) is 0 Å². The van der Waals surface area contributed by atoms with Gasteiger partial charge in [0.15, 0.2) is 0 Å². The molecule has 5 aliphatic rings. The highest BCUT2D eigenvalue weighted by Gasteiger charge is 2.56. The Kier molecular flexibility index (Phi) is 7.79. The van der Waals surface area contributed by atoms with E-state index in [1.165, 1.54) is 75.6 Å². The Morgan fingerprint density at radius 2 is 1.84 bits per heavy atom. The molecule has 0 radical (unpaired) electrons. The van der Waals surface area contributed by atoms with Crippen molar-refractivity contribution in [3.8, 4) is 5.75 Å². The van der Waals surface area contributed by atoms with Crippen LogP contribution in [0.5, 0.6) is 5.75 Å². The van der Waals surface area contributed by atoms with Crippen LogP contribution in [0.25, 0.3) is 0 Å². The van der Waals surface area contributed by atoms with Crippen molar-refractivity contribution in [2.75, 3.05) is 26.2 Å². The molecule has 210 valence electrons. The van der Waals surface area contributed by atoms with Crippen LogP contribution in [0, 0.1) is 23.2 Å². The SMILES string of the molecule is CCCC[C@@H]1Cc2cc(OC(=O)N3CCC(N4CCCCC4)CC3)ccc2[C@H]2CC[C@]3(C)[C@@H](O)CC[C@H]3[C@H]12. The van der Waals surface area contributed by atoms with Gasteiger partial charge in [0.05, 0.1) is 6.10 Å². The maximum Gasteiger partial charge on any atom is 0.415 e. The molecule has 6 atom stereocenters. The molecule has 5 nitrogen and oxygen atoms in total.